The van der Waals surface area contributed by atoms with Crippen LogP contribution >= 0.6 is 0 Å². The molecule has 0 radical (unpaired) electrons. The molecule has 0 saturated carbocycles. The normalized spacial score (nSPS) is 23.1. The molecule has 15 nitrogen and oxygen atoms in total. The molecule has 6 atom stereocenters. The Morgan fingerprint density at radius 3 is 2.34 bits per heavy atom. The molecule has 15 heteroatoms. The molecule has 258 valence electrons. The summed E-state index contributed by atoms with van der Waals surface area (Å²) < 4.78 is 35.9. The molecule has 0 bridgehead atoms. The van der Waals surface area contributed by atoms with E-state index in [0.29, 0.717) is 0 Å². The molecule has 47 heavy (non-hydrogen) atoms. The van der Waals surface area contributed by atoms with E-state index in [2.05, 4.69) is 15.6 Å². The maximum atomic E-state index is 13.5. The van der Waals surface area contributed by atoms with Gasteiger partial charge in [0.25, 0.3) is 5.56 Å². The first-order valence-electron chi connectivity index (χ1n) is 15.4. The van der Waals surface area contributed by atoms with Crippen LogP contribution in [0.15, 0.2) is 52.2 Å². The molecule has 2 fully saturated rings. The fraction of sp³-hybridized carbons (Fsp3) is 0.594. The van der Waals surface area contributed by atoms with Crippen LogP contribution in [0.25, 0.3) is 0 Å². The number of hydrogen-bond donors (Lipinski definition) is 3. The van der Waals surface area contributed by atoms with E-state index in [1.165, 1.54) is 16.8 Å². The summed E-state index contributed by atoms with van der Waals surface area (Å²) in [6.07, 6.45) is -2.79. The third kappa shape index (κ3) is 9.73. The van der Waals surface area contributed by atoms with Gasteiger partial charge in [0.1, 0.15) is 42.6 Å². The lowest BCUT2D eigenvalue weighted by Gasteiger charge is -2.27. The SMILES string of the molecule is CC(C)[C@H](NC(=O)[C@H](COCc1ccccc1)NC(=O)OC(C)(C)C)C(=O)OC[C@H]1O[C@@H](n2ccc(=O)[nH]c2=O)[C@@H]2OC(C)(C)O[C@@H]21. The smallest absolute Gasteiger partial charge is 0.408 e. The van der Waals surface area contributed by atoms with E-state index in [1.807, 2.05) is 30.3 Å². The number of amides is 2. The van der Waals surface area contributed by atoms with E-state index in [0.717, 1.165) is 5.56 Å². The van der Waals surface area contributed by atoms with Crippen molar-refractivity contribution in [2.24, 2.45) is 5.92 Å². The average molecular weight is 661 g/mol. The second-order valence-corrected chi connectivity index (χ2v) is 13.2. The van der Waals surface area contributed by atoms with Gasteiger partial charge in [-0.2, -0.15) is 0 Å². The lowest BCUT2D eigenvalue weighted by atomic mass is 10.0. The van der Waals surface area contributed by atoms with Crippen LogP contribution in [-0.2, 0) is 44.6 Å². The quantitative estimate of drug-likeness (QED) is 0.282. The van der Waals surface area contributed by atoms with Crippen molar-refractivity contribution in [3.05, 3.63) is 69.0 Å². The van der Waals surface area contributed by atoms with Gasteiger partial charge in [-0.3, -0.25) is 19.1 Å². The fourth-order valence-electron chi connectivity index (χ4n) is 5.15. The lowest BCUT2D eigenvalue weighted by molar-refractivity contribution is -0.203. The maximum Gasteiger partial charge on any atom is 0.408 e. The van der Waals surface area contributed by atoms with E-state index < -0.39 is 83.1 Å². The van der Waals surface area contributed by atoms with Gasteiger partial charge in [0.2, 0.25) is 5.91 Å². The largest absolute Gasteiger partial charge is 0.461 e. The number of rotatable bonds is 12. The molecule has 2 aliphatic heterocycles. The van der Waals surface area contributed by atoms with Crippen LogP contribution in [0.2, 0.25) is 0 Å². The van der Waals surface area contributed by atoms with E-state index in [9.17, 15) is 24.0 Å². The number of ether oxygens (including phenoxy) is 6. The topological polar surface area (TPSA) is 186 Å². The van der Waals surface area contributed by atoms with Crippen LogP contribution in [0.5, 0.6) is 0 Å². The summed E-state index contributed by atoms with van der Waals surface area (Å²) in [5.41, 5.74) is -1.20. The molecule has 3 N–H and O–H groups in total. The van der Waals surface area contributed by atoms with E-state index >= 15 is 0 Å². The summed E-state index contributed by atoms with van der Waals surface area (Å²) in [6, 6.07) is 8.19. The molecule has 1 aromatic heterocycles. The Balaban J connectivity index is 1.42. The van der Waals surface area contributed by atoms with E-state index in [4.69, 9.17) is 28.4 Å². The number of carbonyl (C=O) groups is 3. The molecule has 4 rings (SSSR count). The number of esters is 1. The molecule has 3 heterocycles. The van der Waals surface area contributed by atoms with Crippen LogP contribution in [0.1, 0.15) is 60.3 Å². The molecule has 0 unspecified atom stereocenters. The number of H-pyrrole nitrogens is 1. The highest BCUT2D eigenvalue weighted by atomic mass is 16.8. The molecule has 2 amide bonds. The summed E-state index contributed by atoms with van der Waals surface area (Å²) in [6.45, 7) is 11.7. The third-order valence-electron chi connectivity index (χ3n) is 7.26. The van der Waals surface area contributed by atoms with E-state index in [-0.39, 0.29) is 19.8 Å². The van der Waals surface area contributed by atoms with Crippen LogP contribution in [0.4, 0.5) is 4.79 Å². The predicted molar refractivity (Wildman–Crippen MR) is 166 cm³/mol. The van der Waals surface area contributed by atoms with Crippen LogP contribution in [0.3, 0.4) is 0 Å². The number of fused-ring (bicyclic) bond motifs is 1. The maximum absolute atomic E-state index is 13.5. The molecule has 1 aromatic carbocycles. The van der Waals surface area contributed by atoms with Gasteiger partial charge in [-0.05, 0) is 46.1 Å². The second kappa shape index (κ2) is 14.8. The summed E-state index contributed by atoms with van der Waals surface area (Å²) in [7, 11) is 0. The molecular weight excluding hydrogens is 616 g/mol. The first-order chi connectivity index (χ1) is 22.0. The van der Waals surface area contributed by atoms with Gasteiger partial charge < -0.3 is 39.1 Å². The van der Waals surface area contributed by atoms with Crippen molar-refractivity contribution >= 4 is 18.0 Å². The number of nitrogens with zero attached hydrogens (tertiary/aromatic N) is 1. The first kappa shape index (κ1) is 35.8. The Hall–Kier alpha value is -4.05. The monoisotopic (exact) mass is 660 g/mol. The Bertz CT molecular complexity index is 1520. The minimum Gasteiger partial charge on any atom is -0.461 e. The zero-order chi connectivity index (χ0) is 34.5. The van der Waals surface area contributed by atoms with Crippen molar-refractivity contribution in [3.63, 3.8) is 0 Å². The van der Waals surface area contributed by atoms with Crippen molar-refractivity contribution in [1.82, 2.24) is 20.2 Å². The number of aromatic nitrogens is 2. The van der Waals surface area contributed by atoms with E-state index in [1.54, 1.807) is 48.5 Å². The Labute approximate surface area is 272 Å². The van der Waals surface area contributed by atoms with Crippen molar-refractivity contribution in [3.8, 4) is 0 Å². The highest BCUT2D eigenvalue weighted by molar-refractivity contribution is 5.90. The van der Waals surface area contributed by atoms with Gasteiger partial charge in [0.05, 0.1) is 13.2 Å². The van der Waals surface area contributed by atoms with Crippen molar-refractivity contribution in [2.75, 3.05) is 13.2 Å². The van der Waals surface area contributed by atoms with Gasteiger partial charge in [-0.1, -0.05) is 44.2 Å². The molecule has 0 spiro atoms. The Morgan fingerprint density at radius 2 is 1.70 bits per heavy atom. The Kier molecular flexibility index (Phi) is 11.3. The zero-order valence-corrected chi connectivity index (χ0v) is 27.6. The summed E-state index contributed by atoms with van der Waals surface area (Å²) in [5.74, 6) is -2.85. The summed E-state index contributed by atoms with van der Waals surface area (Å²) in [5, 5.41) is 5.21. The number of alkyl carbamates (subject to hydrolysis) is 1. The number of benzene rings is 1. The molecule has 2 aromatic rings. The van der Waals surface area contributed by atoms with Crippen LogP contribution in [0, 0.1) is 5.92 Å². The lowest BCUT2D eigenvalue weighted by Crippen LogP contribution is -2.55. The van der Waals surface area contributed by atoms with Gasteiger partial charge in [-0.25, -0.2) is 14.4 Å². The standard InChI is InChI=1S/C32H44N4O11/c1-18(2)23(35-26(38)20(33-30(41)47-31(3,4)5)16-42-15-19-11-9-8-10-12-19)28(39)43-17-21-24-25(46-32(6,7)45-24)27(44-21)36-14-13-22(37)34-29(36)40/h8-14,18,20-21,23-25,27H,15-17H2,1-7H3,(H,33,41)(H,35,38)(H,34,37,40)/t20-,21+,23-,24+,25+,27+/m0/s1. The Morgan fingerprint density at radius 1 is 1.02 bits per heavy atom. The number of nitrogens with one attached hydrogen (secondary N) is 3. The van der Waals surface area contributed by atoms with Gasteiger partial charge >= 0.3 is 17.8 Å². The van der Waals surface area contributed by atoms with Crippen LogP contribution < -0.4 is 21.9 Å². The van der Waals surface area contributed by atoms with Gasteiger partial charge in [0, 0.05) is 12.3 Å². The predicted octanol–water partition coefficient (Wildman–Crippen LogP) is 1.75. The molecular formula is C32H44N4O11. The van der Waals surface area contributed by atoms with Crippen molar-refractivity contribution in [1.29, 1.82) is 0 Å². The zero-order valence-electron chi connectivity index (χ0n) is 27.6. The third-order valence-corrected chi connectivity index (χ3v) is 7.26. The second-order valence-electron chi connectivity index (χ2n) is 13.2. The minimum absolute atomic E-state index is 0.189. The van der Waals surface area contributed by atoms with Crippen LogP contribution in [-0.4, -0.2) is 82.5 Å². The summed E-state index contributed by atoms with van der Waals surface area (Å²) in [4.78, 5) is 65.7. The highest BCUT2D eigenvalue weighted by Gasteiger charge is 2.56. The first-order valence-corrected chi connectivity index (χ1v) is 15.4. The van der Waals surface area contributed by atoms with Gasteiger partial charge in [-0.15, -0.1) is 0 Å². The summed E-state index contributed by atoms with van der Waals surface area (Å²) >= 11 is 0. The highest BCUT2D eigenvalue weighted by Crippen LogP contribution is 2.42. The minimum atomic E-state index is -1.19. The average Bonchev–Trinajstić information content (AvgIpc) is 3.46. The molecule has 2 aliphatic rings. The fourth-order valence-corrected chi connectivity index (χ4v) is 5.15. The number of carbonyl (C=O) groups excluding carboxylic acids is 3. The molecule has 2 saturated heterocycles. The number of aromatic amines is 1. The number of hydrogen-bond acceptors (Lipinski definition) is 11. The van der Waals surface area contributed by atoms with Gasteiger partial charge in [0.15, 0.2) is 12.0 Å². The van der Waals surface area contributed by atoms with Crippen molar-refractivity contribution in [2.45, 2.75) is 103 Å². The van der Waals surface area contributed by atoms with Crippen molar-refractivity contribution < 1.29 is 42.8 Å². The molecule has 0 aliphatic carbocycles.